The molecular formula is C22H23F3N4O3. The maximum Gasteiger partial charge on any atom is 0.417 e. The third-order valence-corrected chi connectivity index (χ3v) is 5.58. The lowest BCUT2D eigenvalue weighted by Crippen LogP contribution is -2.45. The molecule has 4 rings (SSSR count). The fraction of sp³-hybridized carbons (Fsp3) is 0.364. The van der Waals surface area contributed by atoms with Gasteiger partial charge < -0.3 is 19.9 Å². The third-order valence-electron chi connectivity index (χ3n) is 5.58. The number of β-amino-alcohol motifs (C(OH)–C–C–N with tert-alkyl or cyclic N) is 1. The van der Waals surface area contributed by atoms with Gasteiger partial charge in [0, 0.05) is 38.6 Å². The highest BCUT2D eigenvalue weighted by molar-refractivity contribution is 5.92. The summed E-state index contributed by atoms with van der Waals surface area (Å²) in [5.41, 5.74) is 1.72. The first-order valence-electron chi connectivity index (χ1n) is 10.2. The predicted molar refractivity (Wildman–Crippen MR) is 110 cm³/mol. The van der Waals surface area contributed by atoms with Crippen molar-refractivity contribution in [2.45, 2.75) is 31.3 Å². The van der Waals surface area contributed by atoms with E-state index >= 15 is 0 Å². The number of aromatic nitrogens is 2. The van der Waals surface area contributed by atoms with Crippen LogP contribution in [0.15, 0.2) is 48.8 Å². The average Bonchev–Trinajstić information content (AvgIpc) is 3.20. The van der Waals surface area contributed by atoms with Crippen molar-refractivity contribution in [3.63, 3.8) is 0 Å². The van der Waals surface area contributed by atoms with Crippen molar-refractivity contribution in [1.82, 2.24) is 19.6 Å². The highest BCUT2D eigenvalue weighted by atomic mass is 19.4. The van der Waals surface area contributed by atoms with E-state index in [-0.39, 0.29) is 24.4 Å². The summed E-state index contributed by atoms with van der Waals surface area (Å²) in [6, 6.07) is 10.1. The molecule has 0 fully saturated rings. The Morgan fingerprint density at radius 2 is 1.84 bits per heavy atom. The first kappa shape index (κ1) is 22.3. The zero-order valence-electron chi connectivity index (χ0n) is 17.1. The number of nitrogens with one attached hydrogen (secondary N) is 1. The van der Waals surface area contributed by atoms with E-state index in [9.17, 15) is 28.2 Å². The molecule has 0 aliphatic carbocycles. The second-order valence-corrected chi connectivity index (χ2v) is 7.91. The Hall–Kier alpha value is -2.95. The zero-order chi connectivity index (χ0) is 22.9. The van der Waals surface area contributed by atoms with Gasteiger partial charge in [-0.3, -0.25) is 9.69 Å². The quantitative estimate of drug-likeness (QED) is 0.536. The summed E-state index contributed by atoms with van der Waals surface area (Å²) in [5, 5.41) is 23.1. The number of halogens is 3. The summed E-state index contributed by atoms with van der Waals surface area (Å²) >= 11 is 0. The zero-order valence-corrected chi connectivity index (χ0v) is 17.1. The molecular weight excluding hydrogens is 425 g/mol. The molecule has 0 bridgehead atoms. The SMILES string of the molecule is O=C(NC[C@@H](O)[C@H](O)CN1CCc2ccccc2C1)c1cn2cc(C(F)(F)F)ccc2n1. The van der Waals surface area contributed by atoms with Crippen molar-refractivity contribution in [3.8, 4) is 0 Å². The van der Waals surface area contributed by atoms with Crippen molar-refractivity contribution in [1.29, 1.82) is 0 Å². The molecule has 32 heavy (non-hydrogen) atoms. The minimum atomic E-state index is -4.50. The van der Waals surface area contributed by atoms with Gasteiger partial charge in [-0.05, 0) is 29.7 Å². The van der Waals surface area contributed by atoms with Crippen LogP contribution in [0.5, 0.6) is 0 Å². The number of imidazole rings is 1. The number of amides is 1. The van der Waals surface area contributed by atoms with Crippen LogP contribution < -0.4 is 5.32 Å². The number of hydrogen-bond donors (Lipinski definition) is 3. The van der Waals surface area contributed by atoms with E-state index in [2.05, 4.69) is 16.4 Å². The number of carbonyl (C=O) groups excluding carboxylic acids is 1. The van der Waals surface area contributed by atoms with Crippen LogP contribution in [0.2, 0.25) is 0 Å². The second-order valence-electron chi connectivity index (χ2n) is 7.91. The van der Waals surface area contributed by atoms with E-state index in [4.69, 9.17) is 0 Å². The van der Waals surface area contributed by atoms with Crippen LogP contribution in [-0.2, 0) is 19.1 Å². The van der Waals surface area contributed by atoms with Crippen LogP contribution in [0.1, 0.15) is 27.2 Å². The molecule has 1 aliphatic heterocycles. The first-order valence-corrected chi connectivity index (χ1v) is 10.2. The highest BCUT2D eigenvalue weighted by Gasteiger charge is 2.31. The Morgan fingerprint density at radius 1 is 1.09 bits per heavy atom. The Balaban J connectivity index is 1.31. The number of alkyl halides is 3. The van der Waals surface area contributed by atoms with Gasteiger partial charge in [0.05, 0.1) is 17.8 Å². The molecule has 10 heteroatoms. The van der Waals surface area contributed by atoms with E-state index in [1.54, 1.807) is 0 Å². The molecule has 0 unspecified atom stereocenters. The lowest BCUT2D eigenvalue weighted by Gasteiger charge is -2.31. The van der Waals surface area contributed by atoms with Crippen molar-refractivity contribution in [3.05, 3.63) is 71.2 Å². The fourth-order valence-electron chi connectivity index (χ4n) is 3.79. The van der Waals surface area contributed by atoms with Crippen molar-refractivity contribution < 1.29 is 28.2 Å². The Bertz CT molecular complexity index is 1120. The summed E-state index contributed by atoms with van der Waals surface area (Å²) in [7, 11) is 0. The molecule has 1 aliphatic rings. The molecule has 0 saturated heterocycles. The van der Waals surface area contributed by atoms with Gasteiger partial charge in [-0.1, -0.05) is 24.3 Å². The minimum absolute atomic E-state index is 0.0846. The smallest absolute Gasteiger partial charge is 0.389 e. The van der Waals surface area contributed by atoms with Gasteiger partial charge in [-0.25, -0.2) is 4.98 Å². The van der Waals surface area contributed by atoms with Gasteiger partial charge in [0.25, 0.3) is 5.91 Å². The number of carbonyl (C=O) groups is 1. The second kappa shape index (κ2) is 8.89. The molecule has 2 atom stereocenters. The molecule has 3 heterocycles. The number of aliphatic hydroxyl groups excluding tert-OH is 2. The van der Waals surface area contributed by atoms with Crippen LogP contribution in [0.3, 0.4) is 0 Å². The summed E-state index contributed by atoms with van der Waals surface area (Å²) in [6.45, 7) is 1.47. The molecule has 1 aromatic carbocycles. The molecule has 3 aromatic rings. The Morgan fingerprint density at radius 3 is 2.59 bits per heavy atom. The number of hydrogen-bond acceptors (Lipinski definition) is 5. The third kappa shape index (κ3) is 4.93. The van der Waals surface area contributed by atoms with Gasteiger partial charge in [0.2, 0.25) is 0 Å². The largest absolute Gasteiger partial charge is 0.417 e. The monoisotopic (exact) mass is 448 g/mol. The Labute approximate surface area is 182 Å². The molecule has 2 aromatic heterocycles. The Kier molecular flexibility index (Phi) is 6.18. The van der Waals surface area contributed by atoms with Crippen LogP contribution in [0.4, 0.5) is 13.2 Å². The summed E-state index contributed by atoms with van der Waals surface area (Å²) in [5.74, 6) is -0.652. The van der Waals surface area contributed by atoms with Gasteiger partial charge in [-0.2, -0.15) is 13.2 Å². The molecule has 3 N–H and O–H groups in total. The summed E-state index contributed by atoms with van der Waals surface area (Å²) < 4.78 is 39.6. The molecule has 0 spiro atoms. The lowest BCUT2D eigenvalue weighted by atomic mass is 9.99. The number of rotatable bonds is 6. The van der Waals surface area contributed by atoms with E-state index in [1.165, 1.54) is 23.4 Å². The maximum atomic E-state index is 12.8. The van der Waals surface area contributed by atoms with E-state index < -0.39 is 29.9 Å². The fourth-order valence-corrected chi connectivity index (χ4v) is 3.79. The van der Waals surface area contributed by atoms with Crippen molar-refractivity contribution in [2.75, 3.05) is 19.6 Å². The molecule has 0 radical (unpaired) electrons. The van der Waals surface area contributed by atoms with E-state index in [1.807, 2.05) is 23.1 Å². The molecule has 170 valence electrons. The maximum absolute atomic E-state index is 12.8. The normalized spacial score (nSPS) is 16.5. The average molecular weight is 448 g/mol. The molecule has 1 amide bonds. The number of pyridine rings is 1. The van der Waals surface area contributed by atoms with Crippen LogP contribution in [0.25, 0.3) is 5.65 Å². The number of aliphatic hydroxyl groups is 2. The summed E-state index contributed by atoms with van der Waals surface area (Å²) in [6.07, 6.45) is -3.87. The van der Waals surface area contributed by atoms with Gasteiger partial charge in [-0.15, -0.1) is 0 Å². The van der Waals surface area contributed by atoms with Gasteiger partial charge in [0.1, 0.15) is 11.3 Å². The van der Waals surface area contributed by atoms with Gasteiger partial charge >= 0.3 is 6.18 Å². The van der Waals surface area contributed by atoms with Crippen LogP contribution in [0, 0.1) is 0 Å². The highest BCUT2D eigenvalue weighted by Crippen LogP contribution is 2.29. The standard InChI is InChI=1S/C22H23F3N4O3/c23-22(24,25)16-5-6-20-27-17(12-29(20)11-16)21(32)26-9-18(30)19(31)13-28-8-7-14-3-1-2-4-15(14)10-28/h1-6,11-12,18-19,30-31H,7-10,13H2,(H,26,32)/t18-,19-/m1/s1. The number of fused-ring (bicyclic) bond motifs is 2. The number of benzene rings is 1. The topological polar surface area (TPSA) is 90.1 Å². The van der Waals surface area contributed by atoms with Crippen molar-refractivity contribution in [2.24, 2.45) is 0 Å². The van der Waals surface area contributed by atoms with Gasteiger partial charge in [0.15, 0.2) is 0 Å². The predicted octanol–water partition coefficient (Wildman–Crippen LogP) is 1.86. The van der Waals surface area contributed by atoms with Crippen molar-refractivity contribution >= 4 is 11.6 Å². The van der Waals surface area contributed by atoms with Crippen LogP contribution >= 0.6 is 0 Å². The molecule has 0 saturated carbocycles. The van der Waals surface area contributed by atoms with E-state index in [0.717, 1.165) is 29.6 Å². The van der Waals surface area contributed by atoms with Crippen LogP contribution in [-0.4, -0.2) is 62.2 Å². The van der Waals surface area contributed by atoms with E-state index in [0.29, 0.717) is 6.54 Å². The minimum Gasteiger partial charge on any atom is -0.389 e. The lowest BCUT2D eigenvalue weighted by molar-refractivity contribution is -0.137. The number of nitrogens with zero attached hydrogens (tertiary/aromatic N) is 3. The molecule has 7 nitrogen and oxygen atoms in total. The summed E-state index contributed by atoms with van der Waals surface area (Å²) in [4.78, 5) is 18.4. The first-order chi connectivity index (χ1) is 15.2.